The van der Waals surface area contributed by atoms with Gasteiger partial charge in [0.15, 0.2) is 0 Å². The Bertz CT molecular complexity index is 767. The van der Waals surface area contributed by atoms with Gasteiger partial charge in [-0.2, -0.15) is 0 Å². The molecule has 3 heterocycles. The zero-order chi connectivity index (χ0) is 13.9. The predicted molar refractivity (Wildman–Crippen MR) is 77.9 cm³/mol. The van der Waals surface area contributed by atoms with Crippen molar-refractivity contribution in [2.24, 2.45) is 0 Å². The SMILES string of the molecule is CO[C@H](Cn1cnc2cnccc2c1=O)c1cccs1. The summed E-state index contributed by atoms with van der Waals surface area (Å²) in [7, 11) is 1.65. The summed E-state index contributed by atoms with van der Waals surface area (Å²) in [5.74, 6) is 0. The Kier molecular flexibility index (Phi) is 3.58. The minimum Gasteiger partial charge on any atom is -0.374 e. The molecule has 0 aliphatic carbocycles. The molecule has 0 bridgehead atoms. The molecule has 3 aromatic rings. The van der Waals surface area contributed by atoms with Gasteiger partial charge in [-0.3, -0.25) is 14.3 Å². The van der Waals surface area contributed by atoms with Crippen molar-refractivity contribution in [3.63, 3.8) is 0 Å². The Morgan fingerprint density at radius 1 is 1.45 bits per heavy atom. The number of hydrogen-bond acceptors (Lipinski definition) is 5. The van der Waals surface area contributed by atoms with Crippen molar-refractivity contribution in [3.8, 4) is 0 Å². The number of thiophene rings is 1. The van der Waals surface area contributed by atoms with E-state index in [1.807, 2.05) is 17.5 Å². The molecule has 1 atom stereocenters. The maximum Gasteiger partial charge on any atom is 0.261 e. The van der Waals surface area contributed by atoms with E-state index in [0.717, 1.165) is 4.88 Å². The summed E-state index contributed by atoms with van der Waals surface area (Å²) in [5.41, 5.74) is 0.537. The zero-order valence-electron chi connectivity index (χ0n) is 10.9. The molecule has 0 amide bonds. The molecule has 0 N–H and O–H groups in total. The van der Waals surface area contributed by atoms with Gasteiger partial charge in [0.25, 0.3) is 5.56 Å². The van der Waals surface area contributed by atoms with Crippen LogP contribution in [0.1, 0.15) is 11.0 Å². The number of hydrogen-bond donors (Lipinski definition) is 0. The highest BCUT2D eigenvalue weighted by molar-refractivity contribution is 7.10. The molecule has 0 aliphatic heterocycles. The largest absolute Gasteiger partial charge is 0.374 e. The Hall–Kier alpha value is -2.05. The van der Waals surface area contributed by atoms with Crippen LogP contribution in [0.25, 0.3) is 10.9 Å². The fourth-order valence-electron chi connectivity index (χ4n) is 2.07. The number of rotatable bonds is 4. The van der Waals surface area contributed by atoms with Crippen molar-refractivity contribution in [1.29, 1.82) is 0 Å². The molecular formula is C14H13N3O2S. The van der Waals surface area contributed by atoms with Crippen LogP contribution in [-0.2, 0) is 11.3 Å². The summed E-state index contributed by atoms with van der Waals surface area (Å²) in [6, 6.07) is 5.66. The molecule has 102 valence electrons. The normalized spacial score (nSPS) is 12.7. The summed E-state index contributed by atoms with van der Waals surface area (Å²) in [4.78, 5) is 21.7. The van der Waals surface area contributed by atoms with Gasteiger partial charge >= 0.3 is 0 Å². The summed E-state index contributed by atoms with van der Waals surface area (Å²) in [6.45, 7) is 0.446. The molecule has 3 aromatic heterocycles. The molecule has 3 rings (SSSR count). The number of ether oxygens (including phenoxy) is 1. The second-order valence-electron chi connectivity index (χ2n) is 4.33. The third-order valence-corrected chi connectivity index (χ3v) is 4.10. The van der Waals surface area contributed by atoms with Crippen molar-refractivity contribution in [3.05, 3.63) is 57.5 Å². The Balaban J connectivity index is 1.98. The molecule has 0 saturated heterocycles. The molecule has 0 saturated carbocycles. The number of methoxy groups -OCH3 is 1. The first-order valence-electron chi connectivity index (χ1n) is 6.15. The van der Waals surface area contributed by atoms with E-state index in [-0.39, 0.29) is 11.7 Å². The molecule has 6 heteroatoms. The van der Waals surface area contributed by atoms with Crippen LogP contribution in [0, 0.1) is 0 Å². The highest BCUT2D eigenvalue weighted by atomic mass is 32.1. The second-order valence-corrected chi connectivity index (χ2v) is 5.31. The Labute approximate surface area is 119 Å². The molecule has 0 unspecified atom stereocenters. The van der Waals surface area contributed by atoms with Crippen LogP contribution in [0.2, 0.25) is 0 Å². The molecular weight excluding hydrogens is 274 g/mol. The first kappa shape index (κ1) is 13.0. The average molecular weight is 287 g/mol. The van der Waals surface area contributed by atoms with Crippen LogP contribution in [0.15, 0.2) is 47.1 Å². The van der Waals surface area contributed by atoms with Crippen LogP contribution in [0.4, 0.5) is 0 Å². The van der Waals surface area contributed by atoms with Gasteiger partial charge in [0.2, 0.25) is 0 Å². The highest BCUT2D eigenvalue weighted by Gasteiger charge is 2.14. The minimum absolute atomic E-state index is 0.0731. The fourth-order valence-corrected chi connectivity index (χ4v) is 2.87. The predicted octanol–water partition coefficient (Wildman–Crippen LogP) is 2.24. The molecule has 5 nitrogen and oxygen atoms in total. The van der Waals surface area contributed by atoms with Crippen molar-refractivity contribution in [2.75, 3.05) is 7.11 Å². The van der Waals surface area contributed by atoms with Gasteiger partial charge in [0, 0.05) is 18.2 Å². The van der Waals surface area contributed by atoms with Gasteiger partial charge in [0.1, 0.15) is 6.10 Å². The quantitative estimate of drug-likeness (QED) is 0.738. The van der Waals surface area contributed by atoms with E-state index in [4.69, 9.17) is 4.74 Å². The third kappa shape index (κ3) is 2.35. The summed E-state index contributed by atoms with van der Waals surface area (Å²) in [6.07, 6.45) is 4.59. The summed E-state index contributed by atoms with van der Waals surface area (Å²) < 4.78 is 7.06. The second kappa shape index (κ2) is 5.52. The zero-order valence-corrected chi connectivity index (χ0v) is 11.7. The van der Waals surface area contributed by atoms with E-state index in [9.17, 15) is 4.79 Å². The van der Waals surface area contributed by atoms with E-state index in [1.54, 1.807) is 47.8 Å². The van der Waals surface area contributed by atoms with Gasteiger partial charge in [-0.25, -0.2) is 4.98 Å². The monoisotopic (exact) mass is 287 g/mol. The molecule has 20 heavy (non-hydrogen) atoms. The van der Waals surface area contributed by atoms with Gasteiger partial charge in [-0.05, 0) is 17.5 Å². The van der Waals surface area contributed by atoms with Crippen LogP contribution in [0.3, 0.4) is 0 Å². The fraction of sp³-hybridized carbons (Fsp3) is 0.214. The number of pyridine rings is 1. The maximum absolute atomic E-state index is 12.4. The lowest BCUT2D eigenvalue weighted by Gasteiger charge is -2.15. The Morgan fingerprint density at radius 2 is 2.35 bits per heavy atom. The van der Waals surface area contributed by atoms with Crippen molar-refractivity contribution in [2.45, 2.75) is 12.6 Å². The molecule has 0 aliphatic rings. The minimum atomic E-state index is -0.145. The first-order valence-corrected chi connectivity index (χ1v) is 7.03. The topological polar surface area (TPSA) is 57.0 Å². The lowest BCUT2D eigenvalue weighted by atomic mass is 10.2. The number of nitrogens with zero attached hydrogens (tertiary/aromatic N) is 3. The average Bonchev–Trinajstić information content (AvgIpc) is 3.01. The van der Waals surface area contributed by atoms with Crippen LogP contribution >= 0.6 is 11.3 Å². The lowest BCUT2D eigenvalue weighted by Crippen LogP contribution is -2.24. The van der Waals surface area contributed by atoms with Crippen molar-refractivity contribution >= 4 is 22.2 Å². The molecule has 0 radical (unpaired) electrons. The third-order valence-electron chi connectivity index (χ3n) is 3.14. The smallest absolute Gasteiger partial charge is 0.261 e. The van der Waals surface area contributed by atoms with Crippen LogP contribution < -0.4 is 5.56 Å². The number of aromatic nitrogens is 3. The van der Waals surface area contributed by atoms with E-state index < -0.39 is 0 Å². The Morgan fingerprint density at radius 3 is 3.10 bits per heavy atom. The lowest BCUT2D eigenvalue weighted by molar-refractivity contribution is 0.0897. The van der Waals surface area contributed by atoms with Crippen LogP contribution in [0.5, 0.6) is 0 Å². The summed E-state index contributed by atoms with van der Waals surface area (Å²) in [5, 5.41) is 2.57. The van der Waals surface area contributed by atoms with Gasteiger partial charge in [0.05, 0.1) is 30.0 Å². The summed E-state index contributed by atoms with van der Waals surface area (Å²) >= 11 is 1.61. The number of fused-ring (bicyclic) bond motifs is 1. The van der Waals surface area contributed by atoms with E-state index >= 15 is 0 Å². The van der Waals surface area contributed by atoms with Crippen LogP contribution in [-0.4, -0.2) is 21.6 Å². The molecule has 0 spiro atoms. The first-order chi connectivity index (χ1) is 9.79. The van der Waals surface area contributed by atoms with Crippen molar-refractivity contribution in [1.82, 2.24) is 14.5 Å². The van der Waals surface area contributed by atoms with Gasteiger partial charge in [-0.1, -0.05) is 6.07 Å². The maximum atomic E-state index is 12.4. The van der Waals surface area contributed by atoms with Gasteiger partial charge < -0.3 is 4.74 Å². The van der Waals surface area contributed by atoms with E-state index in [1.165, 1.54) is 0 Å². The van der Waals surface area contributed by atoms with E-state index in [2.05, 4.69) is 9.97 Å². The standard InChI is InChI=1S/C14H13N3O2S/c1-19-12(13-3-2-6-20-13)8-17-9-16-11-7-15-5-4-10(11)14(17)18/h2-7,9,12H,8H2,1H3/t12-/m1/s1. The van der Waals surface area contributed by atoms with Crippen molar-refractivity contribution < 1.29 is 4.74 Å². The van der Waals surface area contributed by atoms with Gasteiger partial charge in [-0.15, -0.1) is 11.3 Å². The highest BCUT2D eigenvalue weighted by Crippen LogP contribution is 2.23. The molecule has 0 fully saturated rings. The molecule has 0 aromatic carbocycles. The van der Waals surface area contributed by atoms with E-state index in [0.29, 0.717) is 17.4 Å².